The van der Waals surface area contributed by atoms with Crippen LogP contribution in [0.2, 0.25) is 0 Å². The van der Waals surface area contributed by atoms with E-state index < -0.39 is 17.1 Å². The van der Waals surface area contributed by atoms with E-state index in [-0.39, 0.29) is 35.5 Å². The molecular formula is C30H40FN7O4. The van der Waals surface area contributed by atoms with Crippen LogP contribution in [0.4, 0.5) is 20.7 Å². The van der Waals surface area contributed by atoms with Crippen LogP contribution in [0.1, 0.15) is 38.5 Å². The fourth-order valence-electron chi connectivity index (χ4n) is 5.49. The molecule has 3 heterocycles. The lowest BCUT2D eigenvalue weighted by molar-refractivity contribution is -0.135. The summed E-state index contributed by atoms with van der Waals surface area (Å²) in [4.78, 5) is 49.1. The predicted octanol–water partition coefficient (Wildman–Crippen LogP) is 3.50. The van der Waals surface area contributed by atoms with E-state index in [4.69, 9.17) is 4.74 Å². The van der Waals surface area contributed by atoms with Crippen molar-refractivity contribution in [3.8, 4) is 11.5 Å². The first-order chi connectivity index (χ1) is 20.1. The van der Waals surface area contributed by atoms with Crippen molar-refractivity contribution in [1.29, 1.82) is 0 Å². The second-order valence-corrected chi connectivity index (χ2v) is 11.8. The molecule has 2 aromatic rings. The number of pyridine rings is 1. The largest absolute Gasteiger partial charge is 0.457 e. The Morgan fingerprint density at radius 3 is 2.21 bits per heavy atom. The predicted molar refractivity (Wildman–Crippen MR) is 157 cm³/mol. The van der Waals surface area contributed by atoms with Crippen molar-refractivity contribution in [2.45, 2.75) is 50.6 Å². The molecule has 226 valence electrons. The maximum atomic E-state index is 15.0. The molecule has 0 bridgehead atoms. The molecule has 3 aliphatic rings. The molecule has 42 heavy (non-hydrogen) atoms. The second kappa shape index (κ2) is 12.6. The molecule has 1 aromatic heterocycles. The van der Waals surface area contributed by atoms with E-state index in [1.807, 2.05) is 7.05 Å². The van der Waals surface area contributed by atoms with Crippen molar-refractivity contribution >= 4 is 29.4 Å². The molecule has 1 aliphatic carbocycles. The Hall–Kier alpha value is -3.77. The molecule has 12 heteroatoms. The molecule has 11 nitrogen and oxygen atoms in total. The second-order valence-electron chi connectivity index (χ2n) is 11.8. The van der Waals surface area contributed by atoms with Gasteiger partial charge in [-0.15, -0.1) is 0 Å². The van der Waals surface area contributed by atoms with Crippen LogP contribution in [-0.2, 0) is 9.59 Å². The van der Waals surface area contributed by atoms with Gasteiger partial charge in [-0.3, -0.25) is 14.9 Å². The number of carbonyl (C=O) groups excluding carboxylic acids is 3. The molecule has 1 saturated carbocycles. The Labute approximate surface area is 245 Å². The van der Waals surface area contributed by atoms with E-state index >= 15 is 0 Å². The number of hydrogen-bond acceptors (Lipinski definition) is 7. The van der Waals surface area contributed by atoms with Crippen molar-refractivity contribution in [3.05, 3.63) is 42.3 Å². The first-order valence-corrected chi connectivity index (χ1v) is 14.6. The monoisotopic (exact) mass is 581 g/mol. The van der Waals surface area contributed by atoms with Gasteiger partial charge in [-0.2, -0.15) is 0 Å². The van der Waals surface area contributed by atoms with Gasteiger partial charge in [-0.1, -0.05) is 0 Å². The maximum absolute atomic E-state index is 15.0. The highest BCUT2D eigenvalue weighted by Crippen LogP contribution is 2.47. The highest BCUT2D eigenvalue weighted by Gasteiger charge is 2.57. The topological polar surface area (TPSA) is 119 Å². The molecule has 0 atom stereocenters. The van der Waals surface area contributed by atoms with Crippen LogP contribution in [0.5, 0.6) is 11.5 Å². The van der Waals surface area contributed by atoms with Crippen molar-refractivity contribution in [2.75, 3.05) is 58.0 Å². The van der Waals surface area contributed by atoms with Crippen LogP contribution in [0.3, 0.4) is 0 Å². The zero-order valence-electron chi connectivity index (χ0n) is 24.5. The van der Waals surface area contributed by atoms with Gasteiger partial charge in [-0.05, 0) is 97.0 Å². The van der Waals surface area contributed by atoms with E-state index in [2.05, 4.69) is 37.8 Å². The number of amides is 4. The standard InChI is InChI=1S/C30H40FN7O4/c1-36-14-7-20(8-15-36)33-27(39)30(11-12-30)28(40)34-25-5-4-22(18-24(25)31)42-23-6-13-32-26(19-23)35-29(41)38(3)21-9-16-37(2)17-10-21/h4-6,13,18-21H,7-12,14-17H2,1-3H3,(H,33,39)(H,34,40)(H,32,35,41). The summed E-state index contributed by atoms with van der Waals surface area (Å²) in [6, 6.07) is 7.23. The molecular weight excluding hydrogens is 541 g/mol. The summed E-state index contributed by atoms with van der Waals surface area (Å²) < 4.78 is 20.8. The summed E-state index contributed by atoms with van der Waals surface area (Å²) >= 11 is 0. The first kappa shape index (κ1) is 29.7. The Morgan fingerprint density at radius 2 is 1.57 bits per heavy atom. The van der Waals surface area contributed by atoms with Crippen LogP contribution in [-0.4, -0.2) is 96.9 Å². The van der Waals surface area contributed by atoms with E-state index in [0.717, 1.165) is 51.9 Å². The fourth-order valence-corrected chi connectivity index (χ4v) is 5.49. The number of urea groups is 1. The molecule has 0 radical (unpaired) electrons. The van der Waals surface area contributed by atoms with Gasteiger partial charge in [0.25, 0.3) is 0 Å². The molecule has 0 unspecified atom stereocenters. The van der Waals surface area contributed by atoms with Crippen molar-refractivity contribution < 1.29 is 23.5 Å². The van der Waals surface area contributed by atoms with Gasteiger partial charge in [0.2, 0.25) is 11.8 Å². The summed E-state index contributed by atoms with van der Waals surface area (Å²) in [6.45, 7) is 3.68. The molecule has 2 saturated heterocycles. The number of aromatic nitrogens is 1. The quantitative estimate of drug-likeness (QED) is 0.409. The summed E-state index contributed by atoms with van der Waals surface area (Å²) in [5.41, 5.74) is -1.17. The van der Waals surface area contributed by atoms with Crippen LogP contribution in [0.25, 0.3) is 0 Å². The number of likely N-dealkylation sites (tertiary alicyclic amines) is 2. The Bertz CT molecular complexity index is 1300. The smallest absolute Gasteiger partial charge is 0.323 e. The van der Waals surface area contributed by atoms with Gasteiger partial charge in [0.05, 0.1) is 5.69 Å². The van der Waals surface area contributed by atoms with Crippen LogP contribution in [0.15, 0.2) is 36.5 Å². The van der Waals surface area contributed by atoms with Crippen molar-refractivity contribution in [2.24, 2.45) is 5.41 Å². The minimum absolute atomic E-state index is 0.0228. The summed E-state index contributed by atoms with van der Waals surface area (Å²) in [6.07, 6.45) is 5.88. The number of carbonyl (C=O) groups is 3. The SMILES string of the molecule is CN1CCC(NC(=O)C2(C(=O)Nc3ccc(Oc4ccnc(NC(=O)N(C)C5CCN(C)CC5)c4)cc3F)CC2)CC1. The van der Waals surface area contributed by atoms with Gasteiger partial charge in [0.1, 0.15) is 28.5 Å². The van der Waals surface area contributed by atoms with Crippen molar-refractivity contribution in [1.82, 2.24) is 25.0 Å². The number of benzene rings is 1. The number of piperidine rings is 2. The summed E-state index contributed by atoms with van der Waals surface area (Å²) in [5.74, 6) is -0.586. The van der Waals surface area contributed by atoms with E-state index in [9.17, 15) is 18.8 Å². The third-order valence-electron chi connectivity index (χ3n) is 8.62. The molecule has 4 amide bonds. The highest BCUT2D eigenvalue weighted by atomic mass is 19.1. The number of anilines is 2. The molecule has 3 fully saturated rings. The zero-order chi connectivity index (χ0) is 29.9. The molecule has 3 N–H and O–H groups in total. The van der Waals surface area contributed by atoms with Crippen LogP contribution < -0.4 is 20.7 Å². The molecule has 0 spiro atoms. The lowest BCUT2D eigenvalue weighted by Gasteiger charge is -2.34. The van der Waals surface area contributed by atoms with E-state index in [1.165, 1.54) is 24.4 Å². The van der Waals surface area contributed by atoms with E-state index in [1.54, 1.807) is 24.1 Å². The Kier molecular flexibility index (Phi) is 8.93. The minimum Gasteiger partial charge on any atom is -0.457 e. The van der Waals surface area contributed by atoms with Gasteiger partial charge >= 0.3 is 6.03 Å². The minimum atomic E-state index is -1.15. The van der Waals surface area contributed by atoms with E-state index in [0.29, 0.717) is 24.4 Å². The van der Waals surface area contributed by atoms with Gasteiger partial charge in [0.15, 0.2) is 0 Å². The number of halogens is 1. The molecule has 5 rings (SSSR count). The number of hydrogen-bond donors (Lipinski definition) is 3. The van der Waals surface area contributed by atoms with Crippen molar-refractivity contribution in [3.63, 3.8) is 0 Å². The normalized spacial score (nSPS) is 19.5. The number of ether oxygens (including phenoxy) is 1. The summed E-state index contributed by atoms with van der Waals surface area (Å²) in [5, 5.41) is 8.42. The van der Waals surface area contributed by atoms with Gasteiger partial charge < -0.3 is 30.1 Å². The van der Waals surface area contributed by atoms with Gasteiger partial charge in [-0.25, -0.2) is 14.2 Å². The summed E-state index contributed by atoms with van der Waals surface area (Å²) in [7, 11) is 5.90. The number of nitrogens with zero attached hydrogens (tertiary/aromatic N) is 4. The number of rotatable bonds is 8. The maximum Gasteiger partial charge on any atom is 0.323 e. The lowest BCUT2D eigenvalue weighted by Crippen LogP contribution is -2.48. The first-order valence-electron chi connectivity index (χ1n) is 14.6. The van der Waals surface area contributed by atoms with Gasteiger partial charge in [0, 0.05) is 37.5 Å². The fraction of sp³-hybridized carbons (Fsp3) is 0.533. The molecule has 2 aliphatic heterocycles. The Morgan fingerprint density at radius 1 is 0.929 bits per heavy atom. The van der Waals surface area contributed by atoms with Crippen LogP contribution in [0, 0.1) is 11.2 Å². The molecule has 1 aromatic carbocycles. The zero-order valence-corrected chi connectivity index (χ0v) is 24.5. The lowest BCUT2D eigenvalue weighted by atomic mass is 10.0. The Balaban J connectivity index is 1.15. The average Bonchev–Trinajstić information content (AvgIpc) is 3.78. The van der Waals surface area contributed by atoms with Crippen LogP contribution >= 0.6 is 0 Å². The highest BCUT2D eigenvalue weighted by molar-refractivity contribution is 6.13. The average molecular weight is 582 g/mol. The third-order valence-corrected chi connectivity index (χ3v) is 8.62. The number of nitrogens with one attached hydrogen (secondary N) is 3. The third kappa shape index (κ3) is 6.99.